The molecule has 1 aliphatic rings. The lowest BCUT2D eigenvalue weighted by atomic mass is 10.0. The van der Waals surface area contributed by atoms with Crippen LogP contribution in [0.15, 0.2) is 11.6 Å². The van der Waals surface area contributed by atoms with E-state index in [1.54, 1.807) is 6.08 Å². The van der Waals surface area contributed by atoms with Crippen LogP contribution in [0.2, 0.25) is 0 Å². The summed E-state index contributed by atoms with van der Waals surface area (Å²) in [6.07, 6.45) is 3.74. The van der Waals surface area contributed by atoms with Gasteiger partial charge in [-0.3, -0.25) is 0 Å². The number of hydrogen-bond donors (Lipinski definition) is 0. The number of carbonyl (C=O) groups excluding carboxylic acids is 1. The minimum absolute atomic E-state index is 0.216. The third kappa shape index (κ3) is 2.10. The quantitative estimate of drug-likeness (QED) is 0.443. The van der Waals surface area contributed by atoms with Gasteiger partial charge in [-0.15, -0.1) is 0 Å². The highest BCUT2D eigenvalue weighted by molar-refractivity contribution is 5.82. The summed E-state index contributed by atoms with van der Waals surface area (Å²) in [5.74, 6) is 1.20. The second-order valence-corrected chi connectivity index (χ2v) is 3.69. The molecule has 0 heterocycles. The standard InChI is InChI=1S/C10H16O2/c1-7-4-9(5-8(7)2)6-10(11)12-3/h6-8H,4-5H2,1-3H3/t7-,8-/m0/s1. The predicted molar refractivity (Wildman–Crippen MR) is 47.7 cm³/mol. The fourth-order valence-corrected chi connectivity index (χ4v) is 1.66. The van der Waals surface area contributed by atoms with Gasteiger partial charge in [0.15, 0.2) is 0 Å². The van der Waals surface area contributed by atoms with Crippen molar-refractivity contribution in [2.75, 3.05) is 7.11 Å². The van der Waals surface area contributed by atoms with Crippen molar-refractivity contribution in [2.45, 2.75) is 26.7 Å². The molecule has 0 aromatic heterocycles. The summed E-state index contributed by atoms with van der Waals surface area (Å²) in [4.78, 5) is 10.9. The zero-order chi connectivity index (χ0) is 9.14. The third-order valence-electron chi connectivity index (χ3n) is 2.66. The zero-order valence-electron chi connectivity index (χ0n) is 7.96. The van der Waals surface area contributed by atoms with Crippen LogP contribution >= 0.6 is 0 Å². The van der Waals surface area contributed by atoms with Gasteiger partial charge in [-0.05, 0) is 24.7 Å². The molecule has 0 aromatic carbocycles. The zero-order valence-corrected chi connectivity index (χ0v) is 7.96. The normalized spacial score (nSPS) is 28.8. The molecule has 1 saturated carbocycles. The fraction of sp³-hybridized carbons (Fsp3) is 0.700. The van der Waals surface area contributed by atoms with Crippen LogP contribution < -0.4 is 0 Å². The Morgan fingerprint density at radius 2 is 1.92 bits per heavy atom. The lowest BCUT2D eigenvalue weighted by molar-refractivity contribution is -0.134. The molecular formula is C10H16O2. The van der Waals surface area contributed by atoms with Crippen LogP contribution in [0, 0.1) is 11.8 Å². The van der Waals surface area contributed by atoms with Gasteiger partial charge in [0.25, 0.3) is 0 Å². The molecule has 0 bridgehead atoms. The molecule has 12 heavy (non-hydrogen) atoms. The summed E-state index contributed by atoms with van der Waals surface area (Å²) in [5.41, 5.74) is 1.24. The van der Waals surface area contributed by atoms with E-state index in [1.807, 2.05) is 0 Å². The molecule has 0 radical (unpaired) electrons. The van der Waals surface area contributed by atoms with Crippen LogP contribution in [0.25, 0.3) is 0 Å². The highest BCUT2D eigenvalue weighted by Crippen LogP contribution is 2.34. The van der Waals surface area contributed by atoms with E-state index in [-0.39, 0.29) is 5.97 Å². The van der Waals surface area contributed by atoms with Crippen LogP contribution in [0.3, 0.4) is 0 Å². The summed E-state index contributed by atoms with van der Waals surface area (Å²) in [5, 5.41) is 0. The molecule has 68 valence electrons. The van der Waals surface area contributed by atoms with E-state index in [0.717, 1.165) is 12.8 Å². The molecule has 0 spiro atoms. The Morgan fingerprint density at radius 1 is 1.42 bits per heavy atom. The lowest BCUT2D eigenvalue weighted by Crippen LogP contribution is -1.95. The summed E-state index contributed by atoms with van der Waals surface area (Å²) in [7, 11) is 1.42. The molecule has 0 aliphatic heterocycles. The number of ether oxygens (including phenoxy) is 1. The Morgan fingerprint density at radius 3 is 2.33 bits per heavy atom. The monoisotopic (exact) mass is 168 g/mol. The minimum atomic E-state index is -0.216. The molecule has 0 N–H and O–H groups in total. The fourth-order valence-electron chi connectivity index (χ4n) is 1.66. The van der Waals surface area contributed by atoms with E-state index in [2.05, 4.69) is 18.6 Å². The average molecular weight is 168 g/mol. The molecule has 0 aromatic rings. The van der Waals surface area contributed by atoms with Gasteiger partial charge in [-0.25, -0.2) is 4.79 Å². The first-order chi connectivity index (χ1) is 5.63. The van der Waals surface area contributed by atoms with E-state index >= 15 is 0 Å². The molecule has 1 aliphatic carbocycles. The highest BCUT2D eigenvalue weighted by Gasteiger charge is 2.23. The summed E-state index contributed by atoms with van der Waals surface area (Å²) in [6, 6.07) is 0. The number of hydrogen-bond acceptors (Lipinski definition) is 2. The number of rotatable bonds is 1. The topological polar surface area (TPSA) is 26.3 Å². The van der Waals surface area contributed by atoms with Crippen molar-refractivity contribution in [3.63, 3.8) is 0 Å². The molecule has 2 nitrogen and oxygen atoms in total. The Hall–Kier alpha value is -0.790. The van der Waals surface area contributed by atoms with Crippen molar-refractivity contribution in [2.24, 2.45) is 11.8 Å². The molecule has 0 amide bonds. The highest BCUT2D eigenvalue weighted by atomic mass is 16.5. The van der Waals surface area contributed by atoms with E-state index in [1.165, 1.54) is 12.7 Å². The van der Waals surface area contributed by atoms with Crippen LogP contribution in [0.1, 0.15) is 26.7 Å². The van der Waals surface area contributed by atoms with Crippen LogP contribution in [-0.2, 0) is 9.53 Å². The van der Waals surface area contributed by atoms with Crippen molar-refractivity contribution >= 4 is 5.97 Å². The summed E-state index contributed by atoms with van der Waals surface area (Å²) >= 11 is 0. The predicted octanol–water partition coefficient (Wildman–Crippen LogP) is 2.15. The first-order valence-corrected chi connectivity index (χ1v) is 4.41. The van der Waals surface area contributed by atoms with E-state index in [0.29, 0.717) is 11.8 Å². The van der Waals surface area contributed by atoms with Gasteiger partial charge in [0, 0.05) is 6.08 Å². The first kappa shape index (κ1) is 9.30. The second-order valence-electron chi connectivity index (χ2n) is 3.69. The van der Waals surface area contributed by atoms with Gasteiger partial charge in [0.2, 0.25) is 0 Å². The number of methoxy groups -OCH3 is 1. The smallest absolute Gasteiger partial charge is 0.330 e. The first-order valence-electron chi connectivity index (χ1n) is 4.41. The number of carbonyl (C=O) groups is 1. The Kier molecular flexibility index (Phi) is 2.90. The SMILES string of the molecule is COC(=O)C=C1C[C@H](C)[C@@H](C)C1. The summed E-state index contributed by atoms with van der Waals surface area (Å²) in [6.45, 7) is 4.45. The molecule has 2 heteroatoms. The number of esters is 1. The van der Waals surface area contributed by atoms with Crippen LogP contribution in [0.4, 0.5) is 0 Å². The largest absolute Gasteiger partial charge is 0.466 e. The van der Waals surface area contributed by atoms with Gasteiger partial charge in [0.05, 0.1) is 7.11 Å². The minimum Gasteiger partial charge on any atom is -0.466 e. The molecule has 1 fully saturated rings. The molecule has 1 rings (SSSR count). The lowest BCUT2D eigenvalue weighted by Gasteiger charge is -2.04. The maximum atomic E-state index is 10.9. The Bertz CT molecular complexity index is 194. The maximum Gasteiger partial charge on any atom is 0.330 e. The summed E-state index contributed by atoms with van der Waals surface area (Å²) < 4.78 is 4.57. The second kappa shape index (κ2) is 3.74. The van der Waals surface area contributed by atoms with Gasteiger partial charge in [0.1, 0.15) is 0 Å². The Labute approximate surface area is 73.6 Å². The van der Waals surface area contributed by atoms with E-state index in [9.17, 15) is 4.79 Å². The maximum absolute atomic E-state index is 10.9. The van der Waals surface area contributed by atoms with Gasteiger partial charge in [-0.1, -0.05) is 19.4 Å². The van der Waals surface area contributed by atoms with Crippen molar-refractivity contribution in [1.29, 1.82) is 0 Å². The van der Waals surface area contributed by atoms with Gasteiger partial charge < -0.3 is 4.74 Å². The van der Waals surface area contributed by atoms with Crippen molar-refractivity contribution in [3.8, 4) is 0 Å². The van der Waals surface area contributed by atoms with Crippen molar-refractivity contribution in [3.05, 3.63) is 11.6 Å². The molecule has 2 atom stereocenters. The van der Waals surface area contributed by atoms with Gasteiger partial charge in [-0.2, -0.15) is 0 Å². The molecule has 0 saturated heterocycles. The molecule has 0 unspecified atom stereocenters. The van der Waals surface area contributed by atoms with Crippen LogP contribution in [-0.4, -0.2) is 13.1 Å². The van der Waals surface area contributed by atoms with Crippen molar-refractivity contribution < 1.29 is 9.53 Å². The van der Waals surface area contributed by atoms with E-state index < -0.39 is 0 Å². The van der Waals surface area contributed by atoms with Crippen LogP contribution in [0.5, 0.6) is 0 Å². The average Bonchev–Trinajstić information content (AvgIpc) is 2.31. The van der Waals surface area contributed by atoms with Gasteiger partial charge >= 0.3 is 5.97 Å². The third-order valence-corrected chi connectivity index (χ3v) is 2.66. The number of allylic oxidation sites excluding steroid dienone is 1. The molecular weight excluding hydrogens is 152 g/mol. The Balaban J connectivity index is 2.56. The van der Waals surface area contributed by atoms with Crippen molar-refractivity contribution in [1.82, 2.24) is 0 Å². The van der Waals surface area contributed by atoms with E-state index in [4.69, 9.17) is 0 Å².